The zero-order valence-electron chi connectivity index (χ0n) is 12.1. The number of nitrogens with zero attached hydrogens (tertiary/aromatic N) is 2. The van der Waals surface area contributed by atoms with Gasteiger partial charge in [-0.25, -0.2) is 4.98 Å². The number of fused-ring (bicyclic) bond motifs is 1. The van der Waals surface area contributed by atoms with E-state index in [0.29, 0.717) is 5.92 Å². The van der Waals surface area contributed by atoms with Gasteiger partial charge in [-0.15, -0.1) is 0 Å². The van der Waals surface area contributed by atoms with Crippen molar-refractivity contribution >= 4 is 11.0 Å². The van der Waals surface area contributed by atoms with E-state index in [4.69, 9.17) is 10.1 Å². The Morgan fingerprint density at radius 3 is 3.20 bits per heavy atom. The second kappa shape index (κ2) is 5.94. The van der Waals surface area contributed by atoms with Gasteiger partial charge < -0.3 is 15.0 Å². The fraction of sp³-hybridized carbons (Fsp3) is 0.562. The van der Waals surface area contributed by atoms with Crippen molar-refractivity contribution in [3.63, 3.8) is 0 Å². The average Bonchev–Trinajstić information content (AvgIpc) is 2.88. The van der Waals surface area contributed by atoms with Crippen LogP contribution in [0.1, 0.15) is 36.6 Å². The summed E-state index contributed by atoms with van der Waals surface area (Å²) in [6.07, 6.45) is 3.28. The third-order valence-electron chi connectivity index (χ3n) is 4.18. The molecule has 2 heterocycles. The fourth-order valence-corrected chi connectivity index (χ4v) is 3.11. The first-order valence-corrected chi connectivity index (χ1v) is 7.56. The number of rotatable bonds is 4. The van der Waals surface area contributed by atoms with Crippen molar-refractivity contribution in [3.8, 4) is 0 Å². The maximum absolute atomic E-state index is 8.96. The van der Waals surface area contributed by atoms with Gasteiger partial charge in [0.2, 0.25) is 0 Å². The summed E-state index contributed by atoms with van der Waals surface area (Å²) in [5, 5.41) is 8.96. The molecule has 108 valence electrons. The zero-order valence-corrected chi connectivity index (χ0v) is 12.1. The van der Waals surface area contributed by atoms with Gasteiger partial charge >= 0.3 is 0 Å². The number of aryl methyl sites for hydroxylation is 1. The lowest BCUT2D eigenvalue weighted by molar-refractivity contribution is 0.182. The van der Waals surface area contributed by atoms with Gasteiger partial charge in [-0.3, -0.25) is 0 Å². The van der Waals surface area contributed by atoms with Crippen LogP contribution in [0.5, 0.6) is 0 Å². The summed E-state index contributed by atoms with van der Waals surface area (Å²) in [4.78, 5) is 10.7. The van der Waals surface area contributed by atoms with E-state index in [1.165, 1.54) is 18.4 Å². The Kier molecular flexibility index (Phi) is 4.03. The smallest absolute Gasteiger partial charge is 0.111 e. The summed E-state index contributed by atoms with van der Waals surface area (Å²) < 4.78 is 0. The van der Waals surface area contributed by atoms with Gasteiger partial charge in [0.25, 0.3) is 0 Å². The van der Waals surface area contributed by atoms with E-state index in [-0.39, 0.29) is 6.61 Å². The number of piperidine rings is 1. The molecule has 4 heteroatoms. The number of hydrogen-bond acceptors (Lipinski definition) is 3. The lowest BCUT2D eigenvalue weighted by atomic mass is 9.97. The number of aliphatic hydroxyl groups excluding tert-OH is 1. The molecule has 0 amide bonds. The summed E-state index contributed by atoms with van der Waals surface area (Å²) in [5.74, 6) is 1.62. The first kappa shape index (κ1) is 13.6. The van der Waals surface area contributed by atoms with Crippen LogP contribution in [0.15, 0.2) is 18.2 Å². The van der Waals surface area contributed by atoms with Gasteiger partial charge in [-0.05, 0) is 50.4 Å². The maximum Gasteiger partial charge on any atom is 0.111 e. The van der Waals surface area contributed by atoms with Crippen LogP contribution < -0.4 is 0 Å². The molecule has 0 aliphatic carbocycles. The Morgan fingerprint density at radius 2 is 2.35 bits per heavy atom. The minimum absolute atomic E-state index is 0.283. The molecule has 1 aliphatic heterocycles. The van der Waals surface area contributed by atoms with Crippen LogP contribution in [0.3, 0.4) is 0 Å². The molecule has 2 N–H and O–H groups in total. The van der Waals surface area contributed by atoms with Crippen LogP contribution in [0.2, 0.25) is 0 Å². The molecular formula is C16H23N3O. The number of benzene rings is 1. The van der Waals surface area contributed by atoms with Crippen LogP contribution in [-0.4, -0.2) is 46.2 Å². The summed E-state index contributed by atoms with van der Waals surface area (Å²) >= 11 is 0. The van der Waals surface area contributed by atoms with Crippen LogP contribution in [0, 0.1) is 6.92 Å². The molecule has 0 saturated carbocycles. The van der Waals surface area contributed by atoms with E-state index in [2.05, 4.69) is 35.0 Å². The molecule has 1 fully saturated rings. The number of aliphatic hydroxyl groups is 1. The first-order chi connectivity index (χ1) is 9.76. The number of aromatic amines is 1. The third-order valence-corrected chi connectivity index (χ3v) is 4.18. The number of aromatic nitrogens is 2. The summed E-state index contributed by atoms with van der Waals surface area (Å²) in [5.41, 5.74) is 3.48. The van der Waals surface area contributed by atoms with Crippen molar-refractivity contribution in [2.45, 2.75) is 32.1 Å². The molecule has 0 radical (unpaired) electrons. The summed E-state index contributed by atoms with van der Waals surface area (Å²) in [6.45, 7) is 5.59. The van der Waals surface area contributed by atoms with Crippen LogP contribution in [0.4, 0.5) is 0 Å². The highest BCUT2D eigenvalue weighted by Crippen LogP contribution is 2.27. The van der Waals surface area contributed by atoms with Gasteiger partial charge in [0, 0.05) is 25.6 Å². The van der Waals surface area contributed by atoms with Crippen LogP contribution in [0.25, 0.3) is 11.0 Å². The minimum atomic E-state index is 0.283. The Morgan fingerprint density at radius 1 is 1.45 bits per heavy atom. The van der Waals surface area contributed by atoms with Gasteiger partial charge in [0.1, 0.15) is 5.82 Å². The molecule has 1 aliphatic rings. The summed E-state index contributed by atoms with van der Waals surface area (Å²) in [7, 11) is 0. The standard InChI is InChI=1S/C16H23N3O/c1-12-5-6-14-15(10-12)18-16(17-14)13-4-2-7-19(11-13)8-3-9-20/h5-6,10,13,20H,2-4,7-9,11H2,1H3,(H,17,18). The lowest BCUT2D eigenvalue weighted by Crippen LogP contribution is -2.35. The molecular weight excluding hydrogens is 250 g/mol. The van der Waals surface area contributed by atoms with E-state index in [1.54, 1.807) is 0 Å². The molecule has 4 nitrogen and oxygen atoms in total. The molecule has 3 rings (SSSR count). The monoisotopic (exact) mass is 273 g/mol. The lowest BCUT2D eigenvalue weighted by Gasteiger charge is -2.31. The van der Waals surface area contributed by atoms with Gasteiger partial charge in [0.15, 0.2) is 0 Å². The molecule has 20 heavy (non-hydrogen) atoms. The van der Waals surface area contributed by atoms with Crippen molar-refractivity contribution in [1.82, 2.24) is 14.9 Å². The number of likely N-dealkylation sites (tertiary alicyclic amines) is 1. The molecule has 1 saturated heterocycles. The fourth-order valence-electron chi connectivity index (χ4n) is 3.11. The Labute approximate surface area is 119 Å². The van der Waals surface area contributed by atoms with Crippen molar-refractivity contribution < 1.29 is 5.11 Å². The number of hydrogen-bond donors (Lipinski definition) is 2. The second-order valence-corrected chi connectivity index (χ2v) is 5.86. The van der Waals surface area contributed by atoms with Gasteiger partial charge in [-0.1, -0.05) is 6.07 Å². The first-order valence-electron chi connectivity index (χ1n) is 7.56. The quantitative estimate of drug-likeness (QED) is 0.899. The highest BCUT2D eigenvalue weighted by atomic mass is 16.3. The largest absolute Gasteiger partial charge is 0.396 e. The van der Waals surface area contributed by atoms with E-state index >= 15 is 0 Å². The van der Waals surface area contributed by atoms with E-state index < -0.39 is 0 Å². The van der Waals surface area contributed by atoms with Crippen molar-refractivity contribution in [2.75, 3.05) is 26.2 Å². The minimum Gasteiger partial charge on any atom is -0.396 e. The van der Waals surface area contributed by atoms with Crippen LogP contribution >= 0.6 is 0 Å². The summed E-state index contributed by atoms with van der Waals surface area (Å²) in [6, 6.07) is 6.37. The molecule has 0 bridgehead atoms. The van der Waals surface area contributed by atoms with Gasteiger partial charge in [-0.2, -0.15) is 0 Å². The third kappa shape index (κ3) is 2.86. The number of nitrogens with one attached hydrogen (secondary N) is 1. The highest BCUT2D eigenvalue weighted by Gasteiger charge is 2.23. The van der Waals surface area contributed by atoms with Crippen LogP contribution in [-0.2, 0) is 0 Å². The maximum atomic E-state index is 8.96. The molecule has 1 aromatic heterocycles. The van der Waals surface area contributed by atoms with Gasteiger partial charge in [0.05, 0.1) is 11.0 Å². The Balaban J connectivity index is 1.76. The van der Waals surface area contributed by atoms with Crippen molar-refractivity contribution in [2.24, 2.45) is 0 Å². The van der Waals surface area contributed by atoms with Crippen molar-refractivity contribution in [3.05, 3.63) is 29.6 Å². The van der Waals surface area contributed by atoms with E-state index in [1.807, 2.05) is 0 Å². The predicted octanol–water partition coefficient (Wildman–Crippen LogP) is 2.43. The second-order valence-electron chi connectivity index (χ2n) is 5.86. The SMILES string of the molecule is Cc1ccc2nc(C3CCCN(CCCO)C3)[nH]c2c1. The molecule has 1 unspecified atom stereocenters. The Hall–Kier alpha value is -1.39. The normalized spacial score (nSPS) is 20.6. The average molecular weight is 273 g/mol. The number of H-pyrrole nitrogens is 1. The Bertz CT molecular complexity index is 578. The zero-order chi connectivity index (χ0) is 13.9. The predicted molar refractivity (Wildman–Crippen MR) is 80.9 cm³/mol. The topological polar surface area (TPSA) is 52.1 Å². The highest BCUT2D eigenvalue weighted by molar-refractivity contribution is 5.75. The molecule has 1 aromatic carbocycles. The van der Waals surface area contributed by atoms with E-state index in [9.17, 15) is 0 Å². The molecule has 0 spiro atoms. The number of imidazole rings is 1. The molecule has 1 atom stereocenters. The van der Waals surface area contributed by atoms with Crippen molar-refractivity contribution in [1.29, 1.82) is 0 Å². The molecule has 2 aromatic rings. The van der Waals surface area contributed by atoms with E-state index in [0.717, 1.165) is 42.9 Å².